The fraction of sp³-hybridized carbons (Fsp3) is 0.308. The van der Waals surface area contributed by atoms with Crippen molar-refractivity contribution < 1.29 is 31.1 Å². The van der Waals surface area contributed by atoms with Crippen LogP contribution in [0, 0.1) is 5.92 Å². The molecule has 1 unspecified atom stereocenters. The van der Waals surface area contributed by atoms with Gasteiger partial charge in [0.2, 0.25) is 0 Å². The van der Waals surface area contributed by atoms with E-state index in [1.165, 1.54) is 0 Å². The highest BCUT2D eigenvalue weighted by Gasteiger charge is 2.37. The topological polar surface area (TPSA) is 35.2 Å². The predicted octanol–water partition coefficient (Wildman–Crippen LogP) is 7.04. The molecule has 0 spiro atoms. The first-order valence-corrected chi connectivity index (χ1v) is 10.8. The number of nitrogens with two attached hydrogens (primary N) is 1. The molecule has 0 heterocycles. The van der Waals surface area contributed by atoms with E-state index >= 15 is 0 Å². The Labute approximate surface area is 194 Å². The van der Waals surface area contributed by atoms with Crippen molar-refractivity contribution in [2.75, 3.05) is 13.2 Å². The maximum atomic E-state index is 13.1. The number of halogens is 6. The molecule has 182 valence electrons. The zero-order chi connectivity index (χ0) is 24.8. The fourth-order valence-electron chi connectivity index (χ4n) is 4.05. The molecule has 0 bridgehead atoms. The van der Waals surface area contributed by atoms with Crippen molar-refractivity contribution in [1.82, 2.24) is 0 Å². The van der Waals surface area contributed by atoms with Gasteiger partial charge in [-0.15, -0.1) is 0 Å². The second-order valence-electron chi connectivity index (χ2n) is 8.07. The van der Waals surface area contributed by atoms with Gasteiger partial charge in [0.15, 0.2) is 0 Å². The summed E-state index contributed by atoms with van der Waals surface area (Å²) in [6.07, 6.45) is -9.24. The molecule has 0 saturated carbocycles. The molecular weight excluding hydrogens is 456 g/mol. The molecule has 0 radical (unpaired) electrons. The highest BCUT2D eigenvalue weighted by Crippen LogP contribution is 2.37. The summed E-state index contributed by atoms with van der Waals surface area (Å²) in [5.74, 6) is -0.235. The van der Waals surface area contributed by atoms with Crippen LogP contribution in [0.5, 0.6) is 0 Å². The van der Waals surface area contributed by atoms with E-state index < -0.39 is 23.5 Å². The molecule has 0 amide bonds. The number of ether oxygens (including phenoxy) is 1. The van der Waals surface area contributed by atoms with E-state index in [0.29, 0.717) is 25.1 Å². The van der Waals surface area contributed by atoms with Gasteiger partial charge in [0.05, 0.1) is 24.3 Å². The lowest BCUT2D eigenvalue weighted by Crippen LogP contribution is -2.23. The molecule has 34 heavy (non-hydrogen) atoms. The van der Waals surface area contributed by atoms with E-state index in [1.54, 1.807) is 0 Å². The zero-order valence-electron chi connectivity index (χ0n) is 18.2. The van der Waals surface area contributed by atoms with Gasteiger partial charge >= 0.3 is 12.4 Å². The average molecular weight is 481 g/mol. The Kier molecular flexibility index (Phi) is 8.38. The second-order valence-corrected chi connectivity index (χ2v) is 8.07. The standard InChI is InChI=1S/C26H25F6NO/c27-25(28,29)22-13-18(14-23(15-22)26(30,31)32)16-34-17-21(11-12-33)24(19-7-3-1-4-8-19)20-9-5-2-6-10-20/h1-10,13-15,21,24H,11-12,16-17,33H2. The maximum absolute atomic E-state index is 13.1. The monoisotopic (exact) mass is 481 g/mol. The number of alkyl halides is 6. The van der Waals surface area contributed by atoms with Crippen molar-refractivity contribution in [3.63, 3.8) is 0 Å². The molecule has 0 saturated heterocycles. The van der Waals surface area contributed by atoms with E-state index in [-0.39, 0.29) is 36.7 Å². The van der Waals surface area contributed by atoms with Gasteiger partial charge in [0, 0.05) is 5.92 Å². The van der Waals surface area contributed by atoms with Crippen molar-refractivity contribution in [3.8, 4) is 0 Å². The quantitative estimate of drug-likeness (QED) is 0.333. The lowest BCUT2D eigenvalue weighted by Gasteiger charge is -2.28. The van der Waals surface area contributed by atoms with Gasteiger partial charge in [-0.1, -0.05) is 60.7 Å². The molecule has 0 aromatic heterocycles. The summed E-state index contributed by atoms with van der Waals surface area (Å²) in [6, 6.07) is 20.8. The first kappa shape index (κ1) is 25.8. The summed E-state index contributed by atoms with van der Waals surface area (Å²) < 4.78 is 84.6. The molecule has 3 aromatic carbocycles. The van der Waals surface area contributed by atoms with E-state index in [0.717, 1.165) is 11.1 Å². The number of hydrogen-bond acceptors (Lipinski definition) is 2. The van der Waals surface area contributed by atoms with Crippen LogP contribution in [0.2, 0.25) is 0 Å². The van der Waals surface area contributed by atoms with Gasteiger partial charge in [-0.3, -0.25) is 0 Å². The van der Waals surface area contributed by atoms with Crippen molar-refractivity contribution in [3.05, 3.63) is 107 Å². The molecule has 2 nitrogen and oxygen atoms in total. The molecule has 0 aliphatic rings. The number of benzene rings is 3. The van der Waals surface area contributed by atoms with Crippen LogP contribution in [0.3, 0.4) is 0 Å². The highest BCUT2D eigenvalue weighted by molar-refractivity contribution is 5.34. The third kappa shape index (κ3) is 6.84. The summed E-state index contributed by atoms with van der Waals surface area (Å²) in [5, 5.41) is 0. The van der Waals surface area contributed by atoms with Crippen molar-refractivity contribution in [2.24, 2.45) is 11.7 Å². The molecular formula is C26H25F6NO. The summed E-state index contributed by atoms with van der Waals surface area (Å²) in [6.45, 7) is 0.0829. The van der Waals surface area contributed by atoms with Gasteiger partial charge in [0.1, 0.15) is 0 Å². The number of hydrogen-bond donors (Lipinski definition) is 1. The molecule has 8 heteroatoms. The van der Waals surface area contributed by atoms with Crippen LogP contribution in [0.4, 0.5) is 26.3 Å². The summed E-state index contributed by atoms with van der Waals surface area (Å²) in [5.41, 5.74) is 4.98. The van der Waals surface area contributed by atoms with Gasteiger partial charge in [-0.25, -0.2) is 0 Å². The van der Waals surface area contributed by atoms with Crippen LogP contribution < -0.4 is 5.73 Å². The molecule has 3 aromatic rings. The summed E-state index contributed by atoms with van der Waals surface area (Å²) in [4.78, 5) is 0. The molecule has 3 rings (SSSR count). The van der Waals surface area contributed by atoms with Crippen molar-refractivity contribution in [2.45, 2.75) is 31.3 Å². The summed E-state index contributed by atoms with van der Waals surface area (Å²) in [7, 11) is 0. The van der Waals surface area contributed by atoms with E-state index in [1.807, 2.05) is 60.7 Å². The summed E-state index contributed by atoms with van der Waals surface area (Å²) >= 11 is 0. The lowest BCUT2D eigenvalue weighted by atomic mass is 9.79. The molecule has 0 aliphatic carbocycles. The highest BCUT2D eigenvalue weighted by atomic mass is 19.4. The largest absolute Gasteiger partial charge is 0.416 e. The zero-order valence-corrected chi connectivity index (χ0v) is 18.2. The third-order valence-electron chi connectivity index (χ3n) is 5.57. The smallest absolute Gasteiger partial charge is 0.376 e. The van der Waals surface area contributed by atoms with E-state index in [2.05, 4.69) is 0 Å². The van der Waals surface area contributed by atoms with Crippen LogP contribution in [-0.4, -0.2) is 13.2 Å². The third-order valence-corrected chi connectivity index (χ3v) is 5.57. The Bertz CT molecular complexity index is 963. The van der Waals surface area contributed by atoms with Crippen LogP contribution in [0.15, 0.2) is 78.9 Å². The number of rotatable bonds is 9. The Morgan fingerprint density at radius 2 is 1.18 bits per heavy atom. The van der Waals surface area contributed by atoms with E-state index in [9.17, 15) is 26.3 Å². The van der Waals surface area contributed by atoms with Crippen LogP contribution in [0.25, 0.3) is 0 Å². The Morgan fingerprint density at radius 1 is 0.706 bits per heavy atom. The van der Waals surface area contributed by atoms with Gasteiger partial charge in [-0.05, 0) is 53.8 Å². The first-order valence-electron chi connectivity index (χ1n) is 10.8. The minimum absolute atomic E-state index is 0.0989. The maximum Gasteiger partial charge on any atom is 0.416 e. The predicted molar refractivity (Wildman–Crippen MR) is 118 cm³/mol. The SMILES string of the molecule is NCCC(COCc1cc(C(F)(F)F)cc(C(F)(F)F)c1)C(c1ccccc1)c1ccccc1. The Hall–Kier alpha value is -2.84. The van der Waals surface area contributed by atoms with Crippen LogP contribution >= 0.6 is 0 Å². The van der Waals surface area contributed by atoms with Crippen LogP contribution in [0.1, 0.15) is 40.2 Å². The Balaban J connectivity index is 1.84. The van der Waals surface area contributed by atoms with Crippen molar-refractivity contribution >= 4 is 0 Å². The molecule has 1 atom stereocenters. The van der Waals surface area contributed by atoms with Crippen molar-refractivity contribution in [1.29, 1.82) is 0 Å². The molecule has 0 aliphatic heterocycles. The molecule has 0 fully saturated rings. The fourth-order valence-corrected chi connectivity index (χ4v) is 4.05. The van der Waals surface area contributed by atoms with Gasteiger partial charge in [-0.2, -0.15) is 26.3 Å². The van der Waals surface area contributed by atoms with Gasteiger partial charge in [0.25, 0.3) is 0 Å². The van der Waals surface area contributed by atoms with E-state index in [4.69, 9.17) is 10.5 Å². The lowest BCUT2D eigenvalue weighted by molar-refractivity contribution is -0.143. The minimum atomic E-state index is -4.90. The van der Waals surface area contributed by atoms with Crippen LogP contribution in [-0.2, 0) is 23.7 Å². The van der Waals surface area contributed by atoms with Gasteiger partial charge < -0.3 is 10.5 Å². The Morgan fingerprint density at radius 3 is 1.59 bits per heavy atom. The first-order chi connectivity index (χ1) is 16.1. The normalized spacial score (nSPS) is 13.3. The molecule has 2 N–H and O–H groups in total. The minimum Gasteiger partial charge on any atom is -0.376 e. The second kappa shape index (κ2) is 11.1. The average Bonchev–Trinajstić information content (AvgIpc) is 2.79.